The third kappa shape index (κ3) is 3.47. The van der Waals surface area contributed by atoms with E-state index in [2.05, 4.69) is 6.92 Å². The Morgan fingerprint density at radius 1 is 1.16 bits per heavy atom. The fourth-order valence-corrected chi connectivity index (χ4v) is 5.41. The van der Waals surface area contributed by atoms with Crippen molar-refractivity contribution in [3.05, 3.63) is 70.2 Å². The number of rotatable bonds is 8. The number of carbonyl (C=O) groups is 2. The Morgan fingerprint density at radius 2 is 1.94 bits per heavy atom. The van der Waals surface area contributed by atoms with Gasteiger partial charge in [-0.05, 0) is 30.5 Å². The topological polar surface area (TPSA) is 72.8 Å². The number of hydrogen-bond acceptors (Lipinski definition) is 5. The molecule has 3 unspecified atom stereocenters. The van der Waals surface area contributed by atoms with Crippen LogP contribution in [-0.4, -0.2) is 23.5 Å². The first-order valence-corrected chi connectivity index (χ1v) is 11.7. The SMILES string of the molecule is CCCCCC(=O)OCC1(c2cccc(Cl)c2)CC2(CC)C(=O)c3ccccc3C2(O)O1. The molecule has 4 rings (SSSR count). The van der Waals surface area contributed by atoms with Crippen LogP contribution in [0.15, 0.2) is 48.5 Å². The number of ketones is 1. The largest absolute Gasteiger partial charge is 0.462 e. The molecule has 0 aromatic heterocycles. The lowest BCUT2D eigenvalue weighted by Crippen LogP contribution is -2.41. The van der Waals surface area contributed by atoms with Gasteiger partial charge in [0.2, 0.25) is 5.79 Å². The van der Waals surface area contributed by atoms with Gasteiger partial charge in [0.1, 0.15) is 12.2 Å². The molecule has 5 nitrogen and oxygen atoms in total. The van der Waals surface area contributed by atoms with Crippen LogP contribution in [0.4, 0.5) is 0 Å². The lowest BCUT2D eigenvalue weighted by atomic mass is 9.71. The number of halogens is 1. The highest BCUT2D eigenvalue weighted by Gasteiger charge is 2.72. The quantitative estimate of drug-likeness (QED) is 0.418. The zero-order valence-corrected chi connectivity index (χ0v) is 19.3. The number of ether oxygens (including phenoxy) is 2. The summed E-state index contributed by atoms with van der Waals surface area (Å²) in [5.74, 6) is -2.27. The van der Waals surface area contributed by atoms with Crippen molar-refractivity contribution in [3.63, 3.8) is 0 Å². The van der Waals surface area contributed by atoms with Gasteiger partial charge in [0.15, 0.2) is 5.78 Å². The van der Waals surface area contributed by atoms with E-state index < -0.39 is 16.8 Å². The minimum atomic E-state index is -1.81. The number of aliphatic hydroxyl groups is 1. The van der Waals surface area contributed by atoms with Gasteiger partial charge in [-0.15, -0.1) is 0 Å². The molecule has 2 aliphatic rings. The minimum Gasteiger partial charge on any atom is -0.462 e. The molecule has 0 saturated carbocycles. The van der Waals surface area contributed by atoms with E-state index >= 15 is 0 Å². The minimum absolute atomic E-state index is 0.0994. The highest BCUT2D eigenvalue weighted by molar-refractivity contribution is 6.30. The van der Waals surface area contributed by atoms with Crippen molar-refractivity contribution in [2.24, 2.45) is 5.41 Å². The lowest BCUT2D eigenvalue weighted by Gasteiger charge is -2.33. The van der Waals surface area contributed by atoms with Crippen molar-refractivity contribution >= 4 is 23.4 Å². The van der Waals surface area contributed by atoms with Crippen LogP contribution < -0.4 is 0 Å². The highest BCUT2D eigenvalue weighted by atomic mass is 35.5. The van der Waals surface area contributed by atoms with Crippen LogP contribution in [0.2, 0.25) is 5.02 Å². The number of Topliss-reactive ketones (excluding diaryl/α,β-unsaturated/α-hetero) is 1. The van der Waals surface area contributed by atoms with Crippen LogP contribution in [0.1, 0.15) is 73.9 Å². The summed E-state index contributed by atoms with van der Waals surface area (Å²) in [4.78, 5) is 26.0. The van der Waals surface area contributed by atoms with Gasteiger partial charge < -0.3 is 14.6 Å². The fraction of sp³-hybridized carbons (Fsp3) is 0.462. The van der Waals surface area contributed by atoms with E-state index in [0.29, 0.717) is 34.6 Å². The summed E-state index contributed by atoms with van der Waals surface area (Å²) in [7, 11) is 0. The van der Waals surface area contributed by atoms with E-state index in [9.17, 15) is 14.7 Å². The number of esters is 1. The Labute approximate surface area is 193 Å². The second-order valence-corrected chi connectivity index (χ2v) is 9.29. The van der Waals surface area contributed by atoms with Crippen molar-refractivity contribution in [3.8, 4) is 0 Å². The summed E-state index contributed by atoms with van der Waals surface area (Å²) in [5, 5.41) is 12.4. The van der Waals surface area contributed by atoms with E-state index in [1.54, 1.807) is 42.5 Å². The summed E-state index contributed by atoms with van der Waals surface area (Å²) in [5.41, 5.74) is -0.752. The number of unbranched alkanes of at least 4 members (excludes halogenated alkanes) is 2. The molecule has 170 valence electrons. The zero-order chi connectivity index (χ0) is 23.0. The van der Waals surface area contributed by atoms with Gasteiger partial charge in [0.25, 0.3) is 0 Å². The molecule has 2 aromatic carbocycles. The molecule has 1 N–H and O–H groups in total. The number of fused-ring (bicyclic) bond motifs is 3. The van der Waals surface area contributed by atoms with Gasteiger partial charge in [0, 0.05) is 29.0 Å². The lowest BCUT2D eigenvalue weighted by molar-refractivity contribution is -0.267. The molecule has 3 atom stereocenters. The Hall–Kier alpha value is -2.21. The van der Waals surface area contributed by atoms with Crippen molar-refractivity contribution in [1.29, 1.82) is 0 Å². The van der Waals surface area contributed by atoms with Crippen LogP contribution in [-0.2, 0) is 25.7 Å². The zero-order valence-electron chi connectivity index (χ0n) is 18.5. The maximum atomic E-state index is 13.6. The Bertz CT molecular complexity index is 1040. The van der Waals surface area contributed by atoms with E-state index in [4.69, 9.17) is 21.1 Å². The third-order valence-corrected chi connectivity index (χ3v) is 7.19. The predicted octanol–water partition coefficient (Wildman–Crippen LogP) is 5.52. The molecule has 1 aliphatic heterocycles. The van der Waals surface area contributed by atoms with Gasteiger partial charge in [-0.25, -0.2) is 0 Å². The van der Waals surface area contributed by atoms with Crippen LogP contribution in [0, 0.1) is 5.41 Å². The number of hydrogen-bond donors (Lipinski definition) is 1. The van der Waals surface area contributed by atoms with Crippen molar-refractivity contribution in [1.82, 2.24) is 0 Å². The first-order valence-electron chi connectivity index (χ1n) is 11.3. The molecule has 32 heavy (non-hydrogen) atoms. The van der Waals surface area contributed by atoms with Crippen molar-refractivity contribution < 1.29 is 24.2 Å². The van der Waals surface area contributed by atoms with Crippen LogP contribution in [0.5, 0.6) is 0 Å². The fourth-order valence-electron chi connectivity index (χ4n) is 5.22. The molecule has 1 aliphatic carbocycles. The van der Waals surface area contributed by atoms with Crippen molar-refractivity contribution in [2.45, 2.75) is 63.8 Å². The summed E-state index contributed by atoms with van der Waals surface area (Å²) in [6, 6.07) is 14.1. The molecule has 0 bridgehead atoms. The van der Waals surface area contributed by atoms with E-state index in [1.165, 1.54) is 0 Å². The highest BCUT2D eigenvalue weighted by Crippen LogP contribution is 2.65. The van der Waals surface area contributed by atoms with Gasteiger partial charge in [-0.3, -0.25) is 9.59 Å². The third-order valence-electron chi connectivity index (χ3n) is 6.96. The standard InChI is InChI=1S/C26H29ClO5/c1-3-5-6-14-22(28)31-17-25(18-10-9-11-19(27)15-18)16-24(4-2)23(29)20-12-7-8-13-21(20)26(24,30)32-25/h7-13,15,30H,3-6,14,16-17H2,1-2H3. The second-order valence-electron chi connectivity index (χ2n) is 8.86. The number of carbonyl (C=O) groups excluding carboxylic acids is 2. The Morgan fingerprint density at radius 3 is 2.66 bits per heavy atom. The summed E-state index contributed by atoms with van der Waals surface area (Å²) < 4.78 is 12.1. The maximum Gasteiger partial charge on any atom is 0.305 e. The predicted molar refractivity (Wildman–Crippen MR) is 121 cm³/mol. The summed E-state index contributed by atoms with van der Waals surface area (Å²) >= 11 is 6.27. The van der Waals surface area contributed by atoms with E-state index in [0.717, 1.165) is 19.3 Å². The van der Waals surface area contributed by atoms with E-state index in [-0.39, 0.29) is 24.8 Å². The van der Waals surface area contributed by atoms with E-state index in [1.807, 2.05) is 13.0 Å². The maximum absolute atomic E-state index is 13.6. The molecule has 6 heteroatoms. The first-order chi connectivity index (χ1) is 15.3. The molecule has 0 spiro atoms. The molecule has 2 aromatic rings. The second kappa shape index (κ2) is 8.62. The van der Waals surface area contributed by atoms with Gasteiger partial charge in [-0.1, -0.05) is 74.7 Å². The average molecular weight is 457 g/mol. The monoisotopic (exact) mass is 456 g/mol. The molecule has 1 fully saturated rings. The average Bonchev–Trinajstić information content (AvgIpc) is 3.17. The van der Waals surface area contributed by atoms with Crippen LogP contribution in [0.25, 0.3) is 0 Å². The molecule has 1 saturated heterocycles. The molecular weight excluding hydrogens is 428 g/mol. The van der Waals surface area contributed by atoms with Gasteiger partial charge in [0.05, 0.1) is 5.41 Å². The smallest absolute Gasteiger partial charge is 0.305 e. The van der Waals surface area contributed by atoms with Crippen LogP contribution >= 0.6 is 11.6 Å². The van der Waals surface area contributed by atoms with Gasteiger partial charge in [-0.2, -0.15) is 0 Å². The first kappa shape index (κ1) is 23.0. The molecular formula is C26H29ClO5. The van der Waals surface area contributed by atoms with Gasteiger partial charge >= 0.3 is 5.97 Å². The normalized spacial score (nSPS) is 28.4. The molecule has 1 heterocycles. The molecule has 0 radical (unpaired) electrons. The Kier molecular flexibility index (Phi) is 6.19. The Balaban J connectivity index is 1.74. The van der Waals surface area contributed by atoms with Crippen molar-refractivity contribution in [2.75, 3.05) is 6.61 Å². The summed E-state index contributed by atoms with van der Waals surface area (Å²) in [6.45, 7) is 3.85. The summed E-state index contributed by atoms with van der Waals surface area (Å²) in [6.07, 6.45) is 3.61. The van der Waals surface area contributed by atoms with Crippen LogP contribution in [0.3, 0.4) is 0 Å². The number of benzene rings is 2. The molecule has 0 amide bonds.